The number of hydrogen-bond acceptors (Lipinski definition) is 7. The van der Waals surface area contributed by atoms with E-state index in [9.17, 15) is 4.79 Å². The van der Waals surface area contributed by atoms with Crippen molar-refractivity contribution in [1.29, 1.82) is 0 Å². The summed E-state index contributed by atoms with van der Waals surface area (Å²) >= 11 is 0. The Labute approximate surface area is 177 Å². The minimum atomic E-state index is -0.462. The fourth-order valence-electron chi connectivity index (χ4n) is 8.07. The Hall–Kier alpha value is -0.990. The largest absolute Gasteiger partial charge is 0.466 e. The highest BCUT2D eigenvalue weighted by atomic mass is 16.8. The summed E-state index contributed by atoms with van der Waals surface area (Å²) < 4.78 is 36.5. The van der Waals surface area contributed by atoms with Gasteiger partial charge in [-0.05, 0) is 36.7 Å². The zero-order chi connectivity index (χ0) is 21.3. The molecule has 0 bridgehead atoms. The van der Waals surface area contributed by atoms with Crippen LogP contribution in [-0.2, 0) is 33.2 Å². The van der Waals surface area contributed by atoms with Crippen LogP contribution in [0.25, 0.3) is 0 Å². The Bertz CT molecular complexity index is 852. The molecule has 0 aromatic rings. The minimum absolute atomic E-state index is 0.0209. The molecule has 3 aliphatic carbocycles. The second kappa shape index (κ2) is 5.67. The lowest BCUT2D eigenvalue weighted by molar-refractivity contribution is -0.138. The van der Waals surface area contributed by atoms with Gasteiger partial charge in [-0.1, -0.05) is 20.8 Å². The molecule has 0 aromatic carbocycles. The SMILES string of the molecule is COCC1=C(C(=O)OC)CC[C@@]2(C)C1CC1OC13C(OC)C1(C(C)C)OC1C1OC132. The molecule has 0 amide bonds. The number of carbonyl (C=O) groups excluding carboxylic acids is 1. The van der Waals surface area contributed by atoms with Crippen molar-refractivity contribution in [2.45, 2.75) is 81.3 Å². The van der Waals surface area contributed by atoms with E-state index in [1.165, 1.54) is 7.11 Å². The number of fused-ring (bicyclic) bond motifs is 3. The van der Waals surface area contributed by atoms with E-state index in [1.54, 1.807) is 14.2 Å². The number of carbonyl (C=O) groups is 1. The first-order valence-electron chi connectivity index (χ1n) is 11.2. The van der Waals surface area contributed by atoms with Gasteiger partial charge in [-0.15, -0.1) is 0 Å². The summed E-state index contributed by atoms with van der Waals surface area (Å²) in [7, 11) is 4.90. The summed E-state index contributed by atoms with van der Waals surface area (Å²) in [4.78, 5) is 12.5. The van der Waals surface area contributed by atoms with Gasteiger partial charge in [0.1, 0.15) is 29.5 Å². The Morgan fingerprint density at radius 3 is 2.57 bits per heavy atom. The fraction of sp³-hybridized carbons (Fsp3) is 0.870. The van der Waals surface area contributed by atoms with Crippen molar-refractivity contribution in [2.75, 3.05) is 27.9 Å². The Balaban J connectivity index is 1.47. The van der Waals surface area contributed by atoms with Gasteiger partial charge in [-0.2, -0.15) is 0 Å². The molecule has 8 unspecified atom stereocenters. The van der Waals surface area contributed by atoms with Crippen LogP contribution in [0.3, 0.4) is 0 Å². The van der Waals surface area contributed by atoms with Crippen LogP contribution in [-0.4, -0.2) is 75.1 Å². The van der Waals surface area contributed by atoms with Crippen LogP contribution in [0.5, 0.6) is 0 Å². The van der Waals surface area contributed by atoms with Crippen molar-refractivity contribution in [2.24, 2.45) is 17.3 Å². The monoisotopic (exact) mass is 420 g/mol. The number of ether oxygens (including phenoxy) is 6. The second-order valence-corrected chi connectivity index (χ2v) is 10.5. The maximum atomic E-state index is 12.5. The second-order valence-electron chi connectivity index (χ2n) is 10.5. The van der Waals surface area contributed by atoms with Crippen molar-refractivity contribution in [3.8, 4) is 0 Å². The minimum Gasteiger partial charge on any atom is -0.466 e. The normalized spacial score (nSPS) is 54.4. The molecule has 7 nitrogen and oxygen atoms in total. The van der Waals surface area contributed by atoms with E-state index in [4.69, 9.17) is 28.4 Å². The Morgan fingerprint density at radius 2 is 1.93 bits per heavy atom. The van der Waals surface area contributed by atoms with Gasteiger partial charge in [0.2, 0.25) is 0 Å². The van der Waals surface area contributed by atoms with Crippen LogP contribution in [0.2, 0.25) is 0 Å². The molecule has 0 N–H and O–H groups in total. The van der Waals surface area contributed by atoms with Gasteiger partial charge in [0.25, 0.3) is 0 Å². The lowest BCUT2D eigenvalue weighted by Crippen LogP contribution is -2.69. The van der Waals surface area contributed by atoms with Gasteiger partial charge in [0.15, 0.2) is 5.60 Å². The van der Waals surface area contributed by atoms with E-state index in [-0.39, 0.29) is 47.3 Å². The summed E-state index contributed by atoms with van der Waals surface area (Å²) in [6, 6.07) is 0. The van der Waals surface area contributed by atoms with Gasteiger partial charge in [-0.25, -0.2) is 4.79 Å². The molecule has 6 rings (SSSR count). The molecule has 7 heteroatoms. The van der Waals surface area contributed by atoms with Crippen molar-refractivity contribution in [3.05, 3.63) is 11.1 Å². The van der Waals surface area contributed by atoms with Gasteiger partial charge in [0, 0.05) is 25.2 Å². The molecule has 3 heterocycles. The van der Waals surface area contributed by atoms with Gasteiger partial charge in [0.05, 0.1) is 19.8 Å². The molecule has 0 aromatic heterocycles. The standard InChI is InChI=1S/C23H32O7/c1-11(2)21-16(29-21)17-23(30-17)20(3)8-7-12(18(24)26-5)13(10-25-4)14(20)9-15-22(23,28-15)19(21)27-6/h11,14-17,19H,7-10H2,1-6H3/t14?,15?,16?,17?,19?,20-,21?,22?,23?/m0/s1. The molecular weight excluding hydrogens is 388 g/mol. The summed E-state index contributed by atoms with van der Waals surface area (Å²) in [5.74, 6) is 0.223. The van der Waals surface area contributed by atoms with E-state index in [0.29, 0.717) is 18.9 Å². The number of rotatable bonds is 5. The zero-order valence-corrected chi connectivity index (χ0v) is 18.7. The summed E-state index contributed by atoms with van der Waals surface area (Å²) in [5, 5.41) is 0. The smallest absolute Gasteiger partial charge is 0.333 e. The van der Waals surface area contributed by atoms with Crippen LogP contribution in [0.15, 0.2) is 11.1 Å². The van der Waals surface area contributed by atoms with Crippen LogP contribution < -0.4 is 0 Å². The maximum absolute atomic E-state index is 12.5. The molecule has 3 aliphatic heterocycles. The predicted molar refractivity (Wildman–Crippen MR) is 105 cm³/mol. The first-order chi connectivity index (χ1) is 14.3. The Morgan fingerprint density at radius 1 is 1.17 bits per heavy atom. The van der Waals surface area contributed by atoms with Crippen LogP contribution in [0.1, 0.15) is 40.0 Å². The number of esters is 1. The summed E-state index contributed by atoms with van der Waals surface area (Å²) in [5.41, 5.74) is 0.416. The van der Waals surface area contributed by atoms with E-state index >= 15 is 0 Å². The first kappa shape index (κ1) is 19.7. The molecule has 2 spiro atoms. The molecule has 6 aliphatic rings. The van der Waals surface area contributed by atoms with E-state index in [0.717, 1.165) is 24.0 Å². The molecule has 5 fully saturated rings. The number of epoxide rings is 3. The van der Waals surface area contributed by atoms with Gasteiger partial charge < -0.3 is 28.4 Å². The van der Waals surface area contributed by atoms with Gasteiger partial charge >= 0.3 is 5.97 Å². The van der Waals surface area contributed by atoms with Crippen molar-refractivity contribution in [3.63, 3.8) is 0 Å². The number of hydrogen-bond donors (Lipinski definition) is 0. The van der Waals surface area contributed by atoms with Crippen LogP contribution in [0, 0.1) is 17.3 Å². The highest BCUT2D eigenvalue weighted by Gasteiger charge is 3.00. The fourth-order valence-corrected chi connectivity index (χ4v) is 8.07. The Kier molecular flexibility index (Phi) is 3.72. The highest BCUT2D eigenvalue weighted by Crippen LogP contribution is 2.83. The highest BCUT2D eigenvalue weighted by molar-refractivity contribution is 5.89. The lowest BCUT2D eigenvalue weighted by atomic mass is 9.46. The van der Waals surface area contributed by atoms with Gasteiger partial charge in [-0.3, -0.25) is 0 Å². The quantitative estimate of drug-likeness (QED) is 0.497. The maximum Gasteiger partial charge on any atom is 0.333 e. The lowest BCUT2D eigenvalue weighted by Gasteiger charge is -2.54. The average molecular weight is 421 g/mol. The zero-order valence-electron chi connectivity index (χ0n) is 18.7. The molecule has 166 valence electrons. The van der Waals surface area contributed by atoms with E-state index in [2.05, 4.69) is 20.8 Å². The molecular formula is C23H32O7. The van der Waals surface area contributed by atoms with Crippen molar-refractivity contribution >= 4 is 5.97 Å². The van der Waals surface area contributed by atoms with Crippen LogP contribution >= 0.6 is 0 Å². The molecule has 0 radical (unpaired) electrons. The van der Waals surface area contributed by atoms with E-state index < -0.39 is 11.2 Å². The first-order valence-corrected chi connectivity index (χ1v) is 11.2. The molecule has 9 atom stereocenters. The molecule has 30 heavy (non-hydrogen) atoms. The third-order valence-corrected chi connectivity index (χ3v) is 9.43. The summed E-state index contributed by atoms with van der Waals surface area (Å²) in [6.07, 6.45) is 2.31. The third-order valence-electron chi connectivity index (χ3n) is 9.43. The van der Waals surface area contributed by atoms with E-state index in [1.807, 2.05) is 0 Å². The van der Waals surface area contributed by atoms with Crippen LogP contribution in [0.4, 0.5) is 0 Å². The predicted octanol–water partition coefficient (Wildman–Crippen LogP) is 2.02. The average Bonchev–Trinajstić information content (AvgIpc) is 3.59. The third kappa shape index (κ3) is 1.79. The van der Waals surface area contributed by atoms with Crippen molar-refractivity contribution in [1.82, 2.24) is 0 Å². The summed E-state index contributed by atoms with van der Waals surface area (Å²) in [6.45, 7) is 7.14. The topological polar surface area (TPSA) is 82.4 Å². The molecule has 2 saturated carbocycles. The molecule has 3 saturated heterocycles. The van der Waals surface area contributed by atoms with Crippen molar-refractivity contribution < 1.29 is 33.2 Å². The number of methoxy groups -OCH3 is 3.